The zero-order chi connectivity index (χ0) is 21.3. The van der Waals surface area contributed by atoms with Gasteiger partial charge < -0.3 is 25.1 Å². The minimum absolute atomic E-state index is 0.0494. The largest absolute Gasteiger partial charge is 0.467 e. The van der Waals surface area contributed by atoms with Gasteiger partial charge in [0, 0.05) is 19.6 Å². The molecule has 6 nitrogen and oxygen atoms in total. The number of hydrogen-bond donors (Lipinski definition) is 2. The van der Waals surface area contributed by atoms with E-state index in [1.165, 1.54) is 0 Å². The summed E-state index contributed by atoms with van der Waals surface area (Å²) in [6.07, 6.45) is 1.12. The van der Waals surface area contributed by atoms with Crippen LogP contribution in [0.1, 0.15) is 30.5 Å². The fraction of sp³-hybridized carbons (Fsp3) is 0.435. The summed E-state index contributed by atoms with van der Waals surface area (Å²) < 4.78 is 16.2. The van der Waals surface area contributed by atoms with Crippen molar-refractivity contribution >= 4 is 6.09 Å². The Kier molecular flexibility index (Phi) is 8.49. The normalized spacial score (nSPS) is 12.4. The number of primary amides is 1. The molecule has 0 heterocycles. The Balaban J connectivity index is 2.31. The van der Waals surface area contributed by atoms with Gasteiger partial charge in [0.15, 0.2) is 6.79 Å². The number of amides is 1. The standard InChI is InChI=1S/C23H31NO5/c1-23(2,29-22(24)26)20(14-18-8-6-7-17(13-18)11-12-25)15-19-9-4-5-10-21(19)28-16-27-3/h4-10,13,20,25H,11-12,14-16H2,1-3H3,(H2,24,26). The summed E-state index contributed by atoms with van der Waals surface area (Å²) in [5.74, 6) is 0.690. The Bertz CT molecular complexity index is 790. The van der Waals surface area contributed by atoms with E-state index in [9.17, 15) is 9.90 Å². The first-order chi connectivity index (χ1) is 13.9. The highest BCUT2D eigenvalue weighted by atomic mass is 16.7. The molecule has 0 saturated heterocycles. The molecule has 1 amide bonds. The number of carbonyl (C=O) groups is 1. The molecule has 2 rings (SSSR count). The van der Waals surface area contributed by atoms with Crippen molar-refractivity contribution in [1.82, 2.24) is 0 Å². The molecule has 0 aliphatic carbocycles. The number of aliphatic hydroxyl groups excluding tert-OH is 1. The Morgan fingerprint density at radius 3 is 2.52 bits per heavy atom. The Morgan fingerprint density at radius 2 is 1.83 bits per heavy atom. The van der Waals surface area contributed by atoms with E-state index in [0.717, 1.165) is 22.4 Å². The molecule has 1 unspecified atom stereocenters. The second-order valence-electron chi connectivity index (χ2n) is 7.58. The van der Waals surface area contributed by atoms with Gasteiger partial charge in [0.05, 0.1) is 0 Å². The van der Waals surface area contributed by atoms with Crippen molar-refractivity contribution in [1.29, 1.82) is 0 Å². The van der Waals surface area contributed by atoms with Crippen LogP contribution in [0.5, 0.6) is 5.75 Å². The number of methoxy groups -OCH3 is 1. The number of para-hydroxylation sites is 1. The summed E-state index contributed by atoms with van der Waals surface area (Å²) in [6, 6.07) is 15.9. The highest BCUT2D eigenvalue weighted by molar-refractivity contribution is 5.65. The molecule has 0 fully saturated rings. The van der Waals surface area contributed by atoms with Crippen LogP contribution in [0, 0.1) is 5.92 Å². The molecule has 0 bridgehead atoms. The van der Waals surface area contributed by atoms with Crippen LogP contribution in [-0.4, -0.2) is 37.3 Å². The molecule has 0 aliphatic rings. The fourth-order valence-electron chi connectivity index (χ4n) is 3.43. The van der Waals surface area contributed by atoms with E-state index in [2.05, 4.69) is 6.07 Å². The van der Waals surface area contributed by atoms with Crippen molar-refractivity contribution in [2.75, 3.05) is 20.5 Å². The number of ether oxygens (including phenoxy) is 3. The molecule has 158 valence electrons. The van der Waals surface area contributed by atoms with Gasteiger partial charge in [0.25, 0.3) is 0 Å². The topological polar surface area (TPSA) is 91.0 Å². The van der Waals surface area contributed by atoms with E-state index in [-0.39, 0.29) is 19.3 Å². The molecule has 2 aromatic carbocycles. The maximum atomic E-state index is 11.5. The lowest BCUT2D eigenvalue weighted by Crippen LogP contribution is -2.40. The zero-order valence-electron chi connectivity index (χ0n) is 17.4. The Morgan fingerprint density at radius 1 is 1.10 bits per heavy atom. The van der Waals surface area contributed by atoms with E-state index in [1.54, 1.807) is 7.11 Å². The average Bonchev–Trinajstić information content (AvgIpc) is 2.66. The third kappa shape index (κ3) is 7.07. The highest BCUT2D eigenvalue weighted by Crippen LogP contribution is 2.32. The van der Waals surface area contributed by atoms with Crippen LogP contribution >= 0.6 is 0 Å². The number of aliphatic hydroxyl groups is 1. The molecule has 2 aromatic rings. The Labute approximate surface area is 172 Å². The third-order valence-electron chi connectivity index (χ3n) is 4.99. The quantitative estimate of drug-likeness (QED) is 0.563. The third-order valence-corrected chi connectivity index (χ3v) is 4.99. The van der Waals surface area contributed by atoms with Crippen LogP contribution in [0.25, 0.3) is 0 Å². The summed E-state index contributed by atoms with van der Waals surface area (Å²) in [5, 5.41) is 9.22. The fourth-order valence-corrected chi connectivity index (χ4v) is 3.43. The van der Waals surface area contributed by atoms with Gasteiger partial charge in [0.2, 0.25) is 0 Å². The monoisotopic (exact) mass is 401 g/mol. The first-order valence-corrected chi connectivity index (χ1v) is 9.72. The molecule has 6 heteroatoms. The lowest BCUT2D eigenvalue weighted by molar-refractivity contribution is -0.00196. The van der Waals surface area contributed by atoms with Crippen molar-refractivity contribution in [2.24, 2.45) is 11.7 Å². The van der Waals surface area contributed by atoms with E-state index in [0.29, 0.717) is 19.3 Å². The second kappa shape index (κ2) is 10.8. The SMILES string of the molecule is COCOc1ccccc1CC(Cc1cccc(CCO)c1)C(C)(C)OC(N)=O. The number of rotatable bonds is 11. The lowest BCUT2D eigenvalue weighted by Gasteiger charge is -2.34. The molecular formula is C23H31NO5. The van der Waals surface area contributed by atoms with Crippen LogP contribution in [-0.2, 0) is 28.7 Å². The second-order valence-corrected chi connectivity index (χ2v) is 7.58. The van der Waals surface area contributed by atoms with Gasteiger partial charge in [-0.05, 0) is 55.9 Å². The summed E-state index contributed by atoms with van der Waals surface area (Å²) in [7, 11) is 1.58. The van der Waals surface area contributed by atoms with Crippen molar-refractivity contribution in [3.8, 4) is 5.75 Å². The molecule has 0 aliphatic heterocycles. The number of nitrogens with two attached hydrogens (primary N) is 1. The van der Waals surface area contributed by atoms with Crippen molar-refractivity contribution in [3.63, 3.8) is 0 Å². The molecular weight excluding hydrogens is 370 g/mol. The van der Waals surface area contributed by atoms with Gasteiger partial charge in [-0.1, -0.05) is 42.5 Å². The van der Waals surface area contributed by atoms with Crippen molar-refractivity contribution in [2.45, 2.75) is 38.7 Å². The Hall–Kier alpha value is -2.57. The van der Waals surface area contributed by atoms with Gasteiger partial charge in [-0.2, -0.15) is 0 Å². The summed E-state index contributed by atoms with van der Waals surface area (Å²) in [5.41, 5.74) is 7.73. The molecule has 1 atom stereocenters. The van der Waals surface area contributed by atoms with Gasteiger partial charge in [-0.25, -0.2) is 4.79 Å². The predicted octanol–water partition coefficient (Wildman–Crippen LogP) is 3.48. The minimum atomic E-state index is -0.794. The summed E-state index contributed by atoms with van der Waals surface area (Å²) >= 11 is 0. The zero-order valence-corrected chi connectivity index (χ0v) is 17.4. The van der Waals surface area contributed by atoms with Gasteiger partial charge in [0.1, 0.15) is 11.4 Å². The highest BCUT2D eigenvalue weighted by Gasteiger charge is 2.33. The van der Waals surface area contributed by atoms with Crippen LogP contribution in [0.3, 0.4) is 0 Å². The van der Waals surface area contributed by atoms with Gasteiger partial charge >= 0.3 is 6.09 Å². The van der Waals surface area contributed by atoms with E-state index in [1.807, 2.05) is 56.3 Å². The van der Waals surface area contributed by atoms with Crippen LogP contribution in [0.15, 0.2) is 48.5 Å². The molecule has 0 radical (unpaired) electrons. The van der Waals surface area contributed by atoms with E-state index < -0.39 is 11.7 Å². The lowest BCUT2D eigenvalue weighted by atomic mass is 9.80. The molecule has 0 spiro atoms. The molecule has 3 N–H and O–H groups in total. The summed E-state index contributed by atoms with van der Waals surface area (Å²) in [6.45, 7) is 4.01. The van der Waals surface area contributed by atoms with Crippen LogP contribution < -0.4 is 10.5 Å². The maximum absolute atomic E-state index is 11.5. The van der Waals surface area contributed by atoms with Crippen LogP contribution in [0.4, 0.5) is 4.79 Å². The number of benzene rings is 2. The summed E-state index contributed by atoms with van der Waals surface area (Å²) in [4.78, 5) is 11.5. The maximum Gasteiger partial charge on any atom is 0.405 e. The number of carbonyl (C=O) groups excluding carboxylic acids is 1. The average molecular weight is 402 g/mol. The smallest absolute Gasteiger partial charge is 0.405 e. The minimum Gasteiger partial charge on any atom is -0.467 e. The number of hydrogen-bond acceptors (Lipinski definition) is 5. The van der Waals surface area contributed by atoms with Gasteiger partial charge in [-0.15, -0.1) is 0 Å². The van der Waals surface area contributed by atoms with Crippen LogP contribution in [0.2, 0.25) is 0 Å². The van der Waals surface area contributed by atoms with Crippen molar-refractivity contribution in [3.05, 3.63) is 65.2 Å². The molecule has 29 heavy (non-hydrogen) atoms. The van der Waals surface area contributed by atoms with E-state index in [4.69, 9.17) is 19.9 Å². The van der Waals surface area contributed by atoms with Crippen molar-refractivity contribution < 1.29 is 24.1 Å². The first-order valence-electron chi connectivity index (χ1n) is 9.72. The first kappa shape index (κ1) is 22.7. The van der Waals surface area contributed by atoms with E-state index >= 15 is 0 Å². The molecule has 0 aromatic heterocycles. The molecule has 0 saturated carbocycles. The predicted molar refractivity (Wildman–Crippen MR) is 112 cm³/mol. The van der Waals surface area contributed by atoms with Gasteiger partial charge in [-0.3, -0.25) is 0 Å².